The van der Waals surface area contributed by atoms with E-state index in [1.54, 1.807) is 0 Å². The van der Waals surface area contributed by atoms with Crippen LogP contribution in [0.15, 0.2) is 12.1 Å². The van der Waals surface area contributed by atoms with E-state index in [4.69, 9.17) is 4.74 Å². The third-order valence-corrected chi connectivity index (χ3v) is 4.77. The van der Waals surface area contributed by atoms with E-state index in [2.05, 4.69) is 55.8 Å². The molecule has 82 valence electrons. The number of hydrogen-bond acceptors (Lipinski definition) is 1. The monoisotopic (exact) mass is 268 g/mol. The maximum absolute atomic E-state index is 5.84. The largest absolute Gasteiger partial charge is 0.492 e. The number of aryl methyl sites for hydroxylation is 2. The molecule has 0 saturated carbocycles. The van der Waals surface area contributed by atoms with Gasteiger partial charge in [-0.1, -0.05) is 41.9 Å². The van der Waals surface area contributed by atoms with Gasteiger partial charge in [-0.2, -0.15) is 0 Å². The molecule has 0 amide bonds. The number of ether oxygens (including phenoxy) is 1. The molecule has 1 nitrogen and oxygen atoms in total. The molecule has 0 radical (unpaired) electrons. The number of halogens is 1. The van der Waals surface area contributed by atoms with Crippen molar-refractivity contribution >= 4 is 15.9 Å². The van der Waals surface area contributed by atoms with Crippen LogP contribution in [-0.2, 0) is 5.41 Å². The Balaban J connectivity index is 2.68. The Morgan fingerprint density at radius 3 is 2.53 bits per heavy atom. The van der Waals surface area contributed by atoms with Crippen molar-refractivity contribution in [3.8, 4) is 5.75 Å². The highest BCUT2D eigenvalue weighted by Crippen LogP contribution is 2.44. The van der Waals surface area contributed by atoms with Gasteiger partial charge in [0.1, 0.15) is 12.4 Å². The van der Waals surface area contributed by atoms with Crippen LogP contribution in [0.3, 0.4) is 0 Å². The Labute approximate surface area is 100.0 Å². The van der Waals surface area contributed by atoms with E-state index in [9.17, 15) is 0 Å². The van der Waals surface area contributed by atoms with Crippen LogP contribution in [0.5, 0.6) is 5.75 Å². The van der Waals surface area contributed by atoms with Gasteiger partial charge in [0.2, 0.25) is 0 Å². The smallest absolute Gasteiger partial charge is 0.126 e. The lowest BCUT2D eigenvalue weighted by molar-refractivity contribution is 0.243. The third-order valence-electron chi connectivity index (χ3n) is 3.36. The second-order valence-electron chi connectivity index (χ2n) is 4.90. The van der Waals surface area contributed by atoms with E-state index in [0.29, 0.717) is 4.83 Å². The highest BCUT2D eigenvalue weighted by molar-refractivity contribution is 9.09. The fourth-order valence-corrected chi connectivity index (χ4v) is 2.65. The quantitative estimate of drug-likeness (QED) is 0.652. The van der Waals surface area contributed by atoms with Gasteiger partial charge in [-0.25, -0.2) is 0 Å². The Morgan fingerprint density at radius 2 is 1.87 bits per heavy atom. The van der Waals surface area contributed by atoms with Crippen LogP contribution in [0.2, 0.25) is 0 Å². The van der Waals surface area contributed by atoms with Crippen LogP contribution < -0.4 is 4.74 Å². The molecule has 1 unspecified atom stereocenters. The Morgan fingerprint density at radius 1 is 1.27 bits per heavy atom. The number of alkyl halides is 1. The Kier molecular flexibility index (Phi) is 2.58. The van der Waals surface area contributed by atoms with Gasteiger partial charge in [0, 0.05) is 11.0 Å². The van der Waals surface area contributed by atoms with Gasteiger partial charge in [-0.15, -0.1) is 0 Å². The second kappa shape index (κ2) is 3.51. The summed E-state index contributed by atoms with van der Waals surface area (Å²) in [5, 5.41) is 0. The lowest BCUT2D eigenvalue weighted by atomic mass is 9.77. The van der Waals surface area contributed by atoms with Gasteiger partial charge in [-0.05, 0) is 25.0 Å². The molecular formula is C13H17BrO. The molecule has 0 fully saturated rings. The van der Waals surface area contributed by atoms with Gasteiger partial charge in [0.05, 0.1) is 4.83 Å². The topological polar surface area (TPSA) is 9.23 Å². The lowest BCUT2D eigenvalue weighted by Gasteiger charge is -2.39. The number of hydrogen-bond donors (Lipinski definition) is 0. The number of benzene rings is 1. The molecule has 2 heteroatoms. The maximum Gasteiger partial charge on any atom is 0.126 e. The summed E-state index contributed by atoms with van der Waals surface area (Å²) in [5.74, 6) is 1.09. The zero-order valence-electron chi connectivity index (χ0n) is 9.73. The van der Waals surface area contributed by atoms with Crippen LogP contribution >= 0.6 is 15.9 Å². The summed E-state index contributed by atoms with van der Waals surface area (Å²) in [4.78, 5) is 0.387. The zero-order chi connectivity index (χ0) is 11.2. The first-order valence-electron chi connectivity index (χ1n) is 5.32. The van der Waals surface area contributed by atoms with Crippen molar-refractivity contribution in [1.82, 2.24) is 0 Å². The van der Waals surface area contributed by atoms with Gasteiger partial charge >= 0.3 is 0 Å². The van der Waals surface area contributed by atoms with Crippen LogP contribution in [0.1, 0.15) is 30.5 Å². The summed E-state index contributed by atoms with van der Waals surface area (Å²) in [5.41, 5.74) is 4.06. The molecule has 1 aliphatic rings. The minimum absolute atomic E-state index is 0.143. The minimum Gasteiger partial charge on any atom is -0.492 e. The molecule has 0 aromatic heterocycles. The molecule has 0 saturated heterocycles. The predicted octanol–water partition coefficient (Wildman–Crippen LogP) is 3.74. The molecule has 1 aromatic carbocycles. The van der Waals surface area contributed by atoms with Crippen molar-refractivity contribution in [2.24, 2.45) is 0 Å². The first-order chi connectivity index (χ1) is 6.94. The summed E-state index contributed by atoms with van der Waals surface area (Å²) in [6, 6.07) is 4.32. The van der Waals surface area contributed by atoms with Crippen molar-refractivity contribution in [1.29, 1.82) is 0 Å². The van der Waals surface area contributed by atoms with E-state index in [1.165, 1.54) is 16.7 Å². The molecule has 1 atom stereocenters. The second-order valence-corrected chi connectivity index (χ2v) is 6.01. The van der Waals surface area contributed by atoms with Crippen molar-refractivity contribution in [2.75, 3.05) is 6.61 Å². The van der Waals surface area contributed by atoms with Gasteiger partial charge in [-0.3, -0.25) is 0 Å². The van der Waals surface area contributed by atoms with Gasteiger partial charge in [0.25, 0.3) is 0 Å². The predicted molar refractivity (Wildman–Crippen MR) is 67.2 cm³/mol. The first kappa shape index (κ1) is 11.0. The highest BCUT2D eigenvalue weighted by atomic mass is 79.9. The summed E-state index contributed by atoms with van der Waals surface area (Å²) in [6.07, 6.45) is 0. The van der Waals surface area contributed by atoms with Gasteiger partial charge < -0.3 is 4.74 Å². The fourth-order valence-electron chi connectivity index (χ4n) is 2.29. The van der Waals surface area contributed by atoms with E-state index in [0.717, 1.165) is 12.4 Å². The minimum atomic E-state index is 0.143. The van der Waals surface area contributed by atoms with E-state index in [1.807, 2.05) is 0 Å². The van der Waals surface area contributed by atoms with Crippen LogP contribution in [-0.4, -0.2) is 11.4 Å². The van der Waals surface area contributed by atoms with Crippen molar-refractivity contribution in [3.05, 3.63) is 28.8 Å². The lowest BCUT2D eigenvalue weighted by Crippen LogP contribution is -2.39. The molecule has 1 aromatic rings. The normalized spacial score (nSPS) is 23.1. The SMILES string of the molecule is Cc1ccc(C)c2c1OCC(Br)C2(C)C. The Bertz CT molecular complexity index is 396. The van der Waals surface area contributed by atoms with Crippen molar-refractivity contribution < 1.29 is 4.74 Å². The molecule has 0 aliphatic carbocycles. The molecule has 0 spiro atoms. The average molecular weight is 269 g/mol. The summed E-state index contributed by atoms with van der Waals surface area (Å²) in [7, 11) is 0. The Hall–Kier alpha value is -0.500. The summed E-state index contributed by atoms with van der Waals surface area (Å²) in [6.45, 7) is 9.59. The number of rotatable bonds is 0. The molecule has 1 heterocycles. The molecule has 15 heavy (non-hydrogen) atoms. The van der Waals surface area contributed by atoms with E-state index in [-0.39, 0.29) is 5.41 Å². The molecule has 0 N–H and O–H groups in total. The fraction of sp³-hybridized carbons (Fsp3) is 0.538. The van der Waals surface area contributed by atoms with Crippen LogP contribution in [0.25, 0.3) is 0 Å². The van der Waals surface area contributed by atoms with Crippen molar-refractivity contribution in [2.45, 2.75) is 37.9 Å². The summed E-state index contributed by atoms with van der Waals surface area (Å²) < 4.78 is 5.84. The maximum atomic E-state index is 5.84. The summed E-state index contributed by atoms with van der Waals surface area (Å²) >= 11 is 3.71. The van der Waals surface area contributed by atoms with Crippen LogP contribution in [0, 0.1) is 13.8 Å². The molecule has 1 aliphatic heterocycles. The molecule has 2 rings (SSSR count). The van der Waals surface area contributed by atoms with Crippen molar-refractivity contribution in [3.63, 3.8) is 0 Å². The standard InChI is InChI=1S/C13H17BrO/c1-8-5-6-9(2)12-11(8)13(3,4)10(14)7-15-12/h5-6,10H,7H2,1-4H3. The zero-order valence-corrected chi connectivity index (χ0v) is 11.3. The highest BCUT2D eigenvalue weighted by Gasteiger charge is 2.38. The third kappa shape index (κ3) is 1.59. The van der Waals surface area contributed by atoms with E-state index >= 15 is 0 Å². The van der Waals surface area contributed by atoms with Crippen LogP contribution in [0.4, 0.5) is 0 Å². The first-order valence-corrected chi connectivity index (χ1v) is 6.23. The molecule has 0 bridgehead atoms. The van der Waals surface area contributed by atoms with E-state index < -0.39 is 0 Å². The number of fused-ring (bicyclic) bond motifs is 1. The van der Waals surface area contributed by atoms with Gasteiger partial charge in [0.15, 0.2) is 0 Å². The average Bonchev–Trinajstić information content (AvgIpc) is 2.16. The molecular weight excluding hydrogens is 252 g/mol.